The van der Waals surface area contributed by atoms with Crippen LogP contribution in [0.2, 0.25) is 0 Å². The van der Waals surface area contributed by atoms with Gasteiger partial charge in [-0.1, -0.05) is 12.1 Å². The van der Waals surface area contributed by atoms with Crippen molar-refractivity contribution in [1.29, 1.82) is 5.26 Å². The van der Waals surface area contributed by atoms with E-state index in [1.54, 1.807) is 45.0 Å². The van der Waals surface area contributed by atoms with Gasteiger partial charge in [-0.15, -0.1) is 11.3 Å². The zero-order chi connectivity index (χ0) is 23.7. The molecule has 0 saturated heterocycles. The first kappa shape index (κ1) is 24.6. The van der Waals surface area contributed by atoms with Crippen LogP contribution in [0.5, 0.6) is 5.75 Å². The van der Waals surface area contributed by atoms with Gasteiger partial charge in [-0.3, -0.25) is 4.79 Å². The molecule has 1 aromatic carbocycles. The Morgan fingerprint density at radius 1 is 1.03 bits per heavy atom. The number of rotatable bonds is 9. The Bertz CT molecular complexity index is 1060. The molecule has 168 valence electrons. The van der Waals surface area contributed by atoms with E-state index in [1.807, 2.05) is 13.0 Å². The van der Waals surface area contributed by atoms with Gasteiger partial charge in [0.05, 0.1) is 25.4 Å². The maximum Gasteiger partial charge on any atom is 0.348 e. The lowest BCUT2D eigenvalue weighted by molar-refractivity contribution is -0.112. The predicted molar refractivity (Wildman–Crippen MR) is 121 cm³/mol. The molecule has 8 nitrogen and oxygen atoms in total. The van der Waals surface area contributed by atoms with Crippen LogP contribution in [0.1, 0.15) is 51.9 Å². The molecule has 2 rings (SSSR count). The summed E-state index contributed by atoms with van der Waals surface area (Å²) in [7, 11) is 0. The second-order valence-corrected chi connectivity index (χ2v) is 7.35. The number of carbonyl (C=O) groups excluding carboxylic acids is 3. The van der Waals surface area contributed by atoms with Crippen molar-refractivity contribution >= 4 is 40.3 Å². The fourth-order valence-electron chi connectivity index (χ4n) is 2.75. The minimum absolute atomic E-state index is 0.0617. The van der Waals surface area contributed by atoms with Crippen LogP contribution in [0, 0.1) is 18.3 Å². The Labute approximate surface area is 190 Å². The number of hydrogen-bond acceptors (Lipinski definition) is 8. The van der Waals surface area contributed by atoms with Gasteiger partial charge in [0, 0.05) is 0 Å². The molecule has 2 aromatic rings. The number of amides is 1. The molecule has 1 aromatic heterocycles. The van der Waals surface area contributed by atoms with Crippen molar-refractivity contribution in [2.45, 2.75) is 27.7 Å². The lowest BCUT2D eigenvalue weighted by atomic mass is 10.1. The molecule has 1 N–H and O–H groups in total. The van der Waals surface area contributed by atoms with E-state index in [4.69, 9.17) is 14.2 Å². The summed E-state index contributed by atoms with van der Waals surface area (Å²) in [5.74, 6) is -1.33. The molecule has 0 aliphatic heterocycles. The van der Waals surface area contributed by atoms with Gasteiger partial charge in [0.25, 0.3) is 5.91 Å². The molecule has 0 unspecified atom stereocenters. The second-order valence-electron chi connectivity index (χ2n) is 6.33. The predicted octanol–water partition coefficient (Wildman–Crippen LogP) is 4.35. The van der Waals surface area contributed by atoms with Crippen LogP contribution in [0.15, 0.2) is 29.8 Å². The summed E-state index contributed by atoms with van der Waals surface area (Å²) in [6, 6.07) is 8.76. The number of nitrogens with one attached hydrogen (secondary N) is 1. The monoisotopic (exact) mass is 456 g/mol. The van der Waals surface area contributed by atoms with E-state index in [1.165, 1.54) is 6.08 Å². The van der Waals surface area contributed by atoms with Gasteiger partial charge in [0.2, 0.25) is 0 Å². The van der Waals surface area contributed by atoms with Gasteiger partial charge >= 0.3 is 11.9 Å². The zero-order valence-corrected chi connectivity index (χ0v) is 19.1. The fraction of sp³-hybridized carbons (Fsp3) is 0.304. The number of ether oxygens (including phenoxy) is 3. The Balaban J connectivity index is 2.37. The highest BCUT2D eigenvalue weighted by molar-refractivity contribution is 7.18. The molecule has 0 saturated carbocycles. The molecular weight excluding hydrogens is 432 g/mol. The van der Waals surface area contributed by atoms with Crippen LogP contribution >= 0.6 is 11.3 Å². The van der Waals surface area contributed by atoms with Gasteiger partial charge in [0.1, 0.15) is 27.3 Å². The molecule has 32 heavy (non-hydrogen) atoms. The normalized spacial score (nSPS) is 10.8. The molecule has 0 atom stereocenters. The number of esters is 2. The topological polar surface area (TPSA) is 115 Å². The molecule has 9 heteroatoms. The molecule has 1 amide bonds. The molecule has 0 aliphatic carbocycles. The van der Waals surface area contributed by atoms with Crippen LogP contribution in [-0.2, 0) is 14.3 Å². The van der Waals surface area contributed by atoms with Crippen LogP contribution in [0.4, 0.5) is 5.00 Å². The van der Waals surface area contributed by atoms with Crippen LogP contribution < -0.4 is 10.1 Å². The van der Waals surface area contributed by atoms with Crippen LogP contribution in [0.25, 0.3) is 6.08 Å². The highest BCUT2D eigenvalue weighted by atomic mass is 32.1. The van der Waals surface area contributed by atoms with Crippen LogP contribution in [0.3, 0.4) is 0 Å². The third-order valence-electron chi connectivity index (χ3n) is 4.18. The van der Waals surface area contributed by atoms with E-state index < -0.39 is 17.8 Å². The standard InChI is InChI=1S/C23H24N2O6S/c1-5-29-17-10-8-15(9-11-17)12-16(13-24)20(26)25-21-18(22(27)30-6-2)14(4)19(32-21)23(28)31-7-3/h8-12H,5-7H2,1-4H3,(H,25,26). The molecule has 0 fully saturated rings. The molecule has 0 spiro atoms. The number of anilines is 1. The van der Waals surface area contributed by atoms with Crippen molar-refractivity contribution < 1.29 is 28.6 Å². The first-order valence-electron chi connectivity index (χ1n) is 9.99. The summed E-state index contributed by atoms with van der Waals surface area (Å²) in [6.45, 7) is 7.57. The van der Waals surface area contributed by atoms with Crippen molar-refractivity contribution in [3.63, 3.8) is 0 Å². The second kappa shape index (κ2) is 11.7. The number of hydrogen-bond donors (Lipinski definition) is 1. The summed E-state index contributed by atoms with van der Waals surface area (Å²) in [5, 5.41) is 12.2. The van der Waals surface area contributed by atoms with Crippen molar-refractivity contribution in [2.75, 3.05) is 25.1 Å². The highest BCUT2D eigenvalue weighted by Gasteiger charge is 2.27. The first-order valence-corrected chi connectivity index (χ1v) is 10.8. The Kier molecular flexibility index (Phi) is 8.98. The average molecular weight is 457 g/mol. The Hall–Kier alpha value is -3.64. The van der Waals surface area contributed by atoms with Crippen LogP contribution in [-0.4, -0.2) is 37.7 Å². The highest BCUT2D eigenvalue weighted by Crippen LogP contribution is 2.34. The minimum atomic E-state index is -0.719. The van der Waals surface area contributed by atoms with Crippen molar-refractivity contribution in [2.24, 2.45) is 0 Å². The van der Waals surface area contributed by atoms with E-state index in [0.29, 0.717) is 23.5 Å². The van der Waals surface area contributed by atoms with Crippen molar-refractivity contribution in [3.05, 3.63) is 51.4 Å². The molecule has 1 heterocycles. The maximum absolute atomic E-state index is 12.8. The summed E-state index contributed by atoms with van der Waals surface area (Å²) in [6.07, 6.45) is 1.42. The van der Waals surface area contributed by atoms with Crippen molar-refractivity contribution in [3.8, 4) is 11.8 Å². The lowest BCUT2D eigenvalue weighted by Crippen LogP contribution is -2.16. The number of benzene rings is 1. The van der Waals surface area contributed by atoms with Gasteiger partial charge in [-0.05, 0) is 57.0 Å². The van der Waals surface area contributed by atoms with E-state index in [0.717, 1.165) is 11.3 Å². The largest absolute Gasteiger partial charge is 0.494 e. The quantitative estimate of drug-likeness (QED) is 0.339. The number of nitriles is 1. The van der Waals surface area contributed by atoms with E-state index in [9.17, 15) is 19.6 Å². The third-order valence-corrected chi connectivity index (χ3v) is 5.37. The summed E-state index contributed by atoms with van der Waals surface area (Å²) in [4.78, 5) is 37.7. The van der Waals surface area contributed by atoms with Gasteiger partial charge < -0.3 is 19.5 Å². The minimum Gasteiger partial charge on any atom is -0.494 e. The Morgan fingerprint density at radius 2 is 1.66 bits per heavy atom. The Morgan fingerprint density at radius 3 is 2.22 bits per heavy atom. The van der Waals surface area contributed by atoms with Gasteiger partial charge in [-0.25, -0.2) is 9.59 Å². The van der Waals surface area contributed by atoms with E-state index in [2.05, 4.69) is 5.32 Å². The SMILES string of the molecule is CCOC(=O)c1sc(NC(=O)C(C#N)=Cc2ccc(OCC)cc2)c(C(=O)OCC)c1C. The maximum atomic E-state index is 12.8. The van der Waals surface area contributed by atoms with Gasteiger partial charge in [-0.2, -0.15) is 5.26 Å². The number of carbonyl (C=O) groups is 3. The smallest absolute Gasteiger partial charge is 0.348 e. The number of thiophene rings is 1. The summed E-state index contributed by atoms with van der Waals surface area (Å²) < 4.78 is 15.5. The molecular formula is C23H24N2O6S. The third kappa shape index (κ3) is 5.95. The molecule has 0 radical (unpaired) electrons. The summed E-state index contributed by atoms with van der Waals surface area (Å²) >= 11 is 0.898. The summed E-state index contributed by atoms with van der Waals surface area (Å²) in [5.41, 5.74) is 0.857. The van der Waals surface area contributed by atoms with E-state index >= 15 is 0 Å². The average Bonchev–Trinajstić information content (AvgIpc) is 3.09. The molecule has 0 bridgehead atoms. The van der Waals surface area contributed by atoms with Crippen molar-refractivity contribution in [1.82, 2.24) is 0 Å². The zero-order valence-electron chi connectivity index (χ0n) is 18.3. The number of nitrogens with zero attached hydrogens (tertiary/aromatic N) is 1. The lowest BCUT2D eigenvalue weighted by Gasteiger charge is -2.07. The van der Waals surface area contributed by atoms with Gasteiger partial charge in [0.15, 0.2) is 0 Å². The fourth-order valence-corrected chi connectivity index (χ4v) is 3.84. The van der Waals surface area contributed by atoms with E-state index in [-0.39, 0.29) is 34.2 Å². The first-order chi connectivity index (χ1) is 15.4. The molecule has 0 aliphatic rings.